The van der Waals surface area contributed by atoms with Crippen LogP contribution < -0.4 is 20.1 Å². The normalized spacial score (nSPS) is 11.5. The monoisotopic (exact) mass is 329 g/mol. The molecule has 0 aliphatic carbocycles. The Morgan fingerprint density at radius 2 is 2.12 bits per heavy atom. The van der Waals surface area contributed by atoms with E-state index in [0.717, 1.165) is 16.9 Å². The van der Waals surface area contributed by atoms with Gasteiger partial charge in [-0.15, -0.1) is 0 Å². The summed E-state index contributed by atoms with van der Waals surface area (Å²) < 4.78 is 10.7. The van der Waals surface area contributed by atoms with E-state index >= 15 is 0 Å². The lowest BCUT2D eigenvalue weighted by molar-refractivity contribution is 0.237. The van der Waals surface area contributed by atoms with Crippen molar-refractivity contribution in [2.75, 3.05) is 13.7 Å². The topological polar surface area (TPSA) is 72.5 Å². The van der Waals surface area contributed by atoms with E-state index in [4.69, 9.17) is 9.47 Å². The van der Waals surface area contributed by atoms with E-state index in [9.17, 15) is 4.79 Å². The van der Waals surface area contributed by atoms with Gasteiger partial charge in [0.15, 0.2) is 0 Å². The first-order valence-electron chi connectivity index (χ1n) is 7.89. The van der Waals surface area contributed by atoms with Crippen LogP contribution in [0.4, 0.5) is 4.79 Å². The Labute approximate surface area is 142 Å². The molecule has 128 valence electrons. The molecule has 2 amide bonds. The highest BCUT2D eigenvalue weighted by molar-refractivity contribution is 5.74. The van der Waals surface area contributed by atoms with Gasteiger partial charge in [-0.25, -0.2) is 9.78 Å². The summed E-state index contributed by atoms with van der Waals surface area (Å²) in [4.78, 5) is 16.2. The average Bonchev–Trinajstić information content (AvgIpc) is 2.60. The maximum Gasteiger partial charge on any atom is 0.315 e. The summed E-state index contributed by atoms with van der Waals surface area (Å²) in [6, 6.07) is 11.0. The average molecular weight is 329 g/mol. The number of carbonyl (C=O) groups is 1. The van der Waals surface area contributed by atoms with Crippen molar-refractivity contribution in [2.45, 2.75) is 26.4 Å². The Morgan fingerprint density at radius 3 is 2.88 bits per heavy atom. The quantitative estimate of drug-likeness (QED) is 0.819. The minimum Gasteiger partial charge on any atom is -0.494 e. The summed E-state index contributed by atoms with van der Waals surface area (Å²) in [5.74, 6) is 1.31. The van der Waals surface area contributed by atoms with E-state index in [1.54, 1.807) is 19.4 Å². The van der Waals surface area contributed by atoms with E-state index < -0.39 is 0 Å². The number of carbonyl (C=O) groups excluding carboxylic acids is 1. The molecule has 0 saturated heterocycles. The van der Waals surface area contributed by atoms with Crippen molar-refractivity contribution < 1.29 is 14.3 Å². The molecule has 2 rings (SSSR count). The van der Waals surface area contributed by atoms with Crippen LogP contribution in [0.15, 0.2) is 42.6 Å². The molecule has 0 bridgehead atoms. The number of nitrogens with one attached hydrogen (secondary N) is 2. The van der Waals surface area contributed by atoms with Gasteiger partial charge in [0.25, 0.3) is 0 Å². The standard InChI is InChI=1S/C18H23N3O3/c1-4-24-16-9-5-7-14(11-16)13(2)21-18(22)20-12-15-8-6-10-19-17(15)23-3/h5-11,13H,4,12H2,1-3H3,(H2,20,21,22)/t13-/m0/s1. The second kappa shape index (κ2) is 8.76. The molecule has 6 nitrogen and oxygen atoms in total. The van der Waals surface area contributed by atoms with Crippen molar-refractivity contribution in [3.63, 3.8) is 0 Å². The molecule has 0 saturated carbocycles. The van der Waals surface area contributed by atoms with E-state index in [-0.39, 0.29) is 12.1 Å². The van der Waals surface area contributed by atoms with Crippen molar-refractivity contribution in [3.05, 3.63) is 53.7 Å². The van der Waals surface area contributed by atoms with Gasteiger partial charge in [-0.2, -0.15) is 0 Å². The number of ether oxygens (including phenoxy) is 2. The Morgan fingerprint density at radius 1 is 1.29 bits per heavy atom. The zero-order valence-electron chi connectivity index (χ0n) is 14.2. The van der Waals surface area contributed by atoms with Gasteiger partial charge in [0.2, 0.25) is 5.88 Å². The molecule has 1 heterocycles. The highest BCUT2D eigenvalue weighted by atomic mass is 16.5. The third-order valence-corrected chi connectivity index (χ3v) is 3.50. The van der Waals surface area contributed by atoms with Crippen LogP contribution in [0.1, 0.15) is 31.0 Å². The summed E-state index contributed by atoms with van der Waals surface area (Å²) in [5.41, 5.74) is 1.80. The number of hydrogen-bond acceptors (Lipinski definition) is 4. The molecular weight excluding hydrogens is 306 g/mol. The largest absolute Gasteiger partial charge is 0.494 e. The summed E-state index contributed by atoms with van der Waals surface area (Å²) >= 11 is 0. The zero-order chi connectivity index (χ0) is 17.4. The van der Waals surface area contributed by atoms with Gasteiger partial charge in [-0.1, -0.05) is 18.2 Å². The lowest BCUT2D eigenvalue weighted by Gasteiger charge is -2.16. The third-order valence-electron chi connectivity index (χ3n) is 3.50. The fraction of sp³-hybridized carbons (Fsp3) is 0.333. The summed E-state index contributed by atoms with van der Waals surface area (Å²) in [5, 5.41) is 5.72. The first-order valence-corrected chi connectivity index (χ1v) is 7.89. The van der Waals surface area contributed by atoms with Gasteiger partial charge in [-0.3, -0.25) is 0 Å². The molecule has 0 unspecified atom stereocenters. The maximum absolute atomic E-state index is 12.1. The van der Waals surface area contributed by atoms with Crippen LogP contribution in [0.25, 0.3) is 0 Å². The third kappa shape index (κ3) is 4.87. The van der Waals surface area contributed by atoms with Crippen LogP contribution in [0.3, 0.4) is 0 Å². The first kappa shape index (κ1) is 17.6. The smallest absolute Gasteiger partial charge is 0.315 e. The van der Waals surface area contributed by atoms with E-state index in [0.29, 0.717) is 19.0 Å². The van der Waals surface area contributed by atoms with Gasteiger partial charge < -0.3 is 20.1 Å². The summed E-state index contributed by atoms with van der Waals surface area (Å²) in [6.45, 7) is 4.82. The predicted molar refractivity (Wildman–Crippen MR) is 92.2 cm³/mol. The molecule has 0 spiro atoms. The number of amides is 2. The minimum absolute atomic E-state index is 0.138. The Bertz CT molecular complexity index is 676. The molecule has 0 aliphatic rings. The van der Waals surface area contributed by atoms with Crippen LogP contribution >= 0.6 is 0 Å². The number of aromatic nitrogens is 1. The number of nitrogens with zero attached hydrogens (tertiary/aromatic N) is 1. The summed E-state index contributed by atoms with van der Waals surface area (Å²) in [7, 11) is 1.55. The number of rotatable bonds is 7. The van der Waals surface area contributed by atoms with Crippen LogP contribution in [0.2, 0.25) is 0 Å². The SMILES string of the molecule is CCOc1cccc([C@H](C)NC(=O)NCc2cccnc2OC)c1. The second-order valence-corrected chi connectivity index (χ2v) is 5.23. The Kier molecular flexibility index (Phi) is 6.42. The van der Waals surface area contributed by atoms with Gasteiger partial charge in [-0.05, 0) is 37.6 Å². The van der Waals surface area contributed by atoms with Gasteiger partial charge >= 0.3 is 6.03 Å². The highest BCUT2D eigenvalue weighted by Gasteiger charge is 2.11. The first-order chi connectivity index (χ1) is 11.6. The number of urea groups is 1. The van der Waals surface area contributed by atoms with E-state index in [2.05, 4.69) is 15.6 Å². The van der Waals surface area contributed by atoms with E-state index in [1.165, 1.54) is 0 Å². The molecule has 1 aromatic carbocycles. The number of hydrogen-bond donors (Lipinski definition) is 2. The van der Waals surface area contributed by atoms with Crippen LogP contribution in [0, 0.1) is 0 Å². The molecule has 2 aromatic rings. The number of pyridine rings is 1. The van der Waals surface area contributed by atoms with Gasteiger partial charge in [0, 0.05) is 18.3 Å². The van der Waals surface area contributed by atoms with Crippen LogP contribution in [-0.2, 0) is 6.54 Å². The summed E-state index contributed by atoms with van der Waals surface area (Å²) in [6.07, 6.45) is 1.65. The maximum atomic E-state index is 12.1. The highest BCUT2D eigenvalue weighted by Crippen LogP contribution is 2.19. The lowest BCUT2D eigenvalue weighted by atomic mass is 10.1. The van der Waals surface area contributed by atoms with Crippen molar-refractivity contribution in [2.24, 2.45) is 0 Å². The van der Waals surface area contributed by atoms with Crippen molar-refractivity contribution >= 4 is 6.03 Å². The molecule has 24 heavy (non-hydrogen) atoms. The number of benzene rings is 1. The molecule has 1 aromatic heterocycles. The molecule has 0 fully saturated rings. The molecule has 0 radical (unpaired) electrons. The second-order valence-electron chi connectivity index (χ2n) is 5.23. The van der Waals surface area contributed by atoms with E-state index in [1.807, 2.05) is 44.2 Å². The minimum atomic E-state index is -0.254. The molecular formula is C18H23N3O3. The molecule has 0 aliphatic heterocycles. The zero-order valence-corrected chi connectivity index (χ0v) is 14.2. The molecule has 6 heteroatoms. The van der Waals surface area contributed by atoms with Crippen LogP contribution in [-0.4, -0.2) is 24.7 Å². The Hall–Kier alpha value is -2.76. The van der Waals surface area contributed by atoms with Gasteiger partial charge in [0.1, 0.15) is 5.75 Å². The fourth-order valence-electron chi connectivity index (χ4n) is 2.29. The van der Waals surface area contributed by atoms with Crippen molar-refractivity contribution in [3.8, 4) is 11.6 Å². The van der Waals surface area contributed by atoms with Crippen molar-refractivity contribution in [1.29, 1.82) is 0 Å². The fourth-order valence-corrected chi connectivity index (χ4v) is 2.29. The lowest BCUT2D eigenvalue weighted by Crippen LogP contribution is -2.36. The van der Waals surface area contributed by atoms with Crippen molar-refractivity contribution in [1.82, 2.24) is 15.6 Å². The number of methoxy groups -OCH3 is 1. The van der Waals surface area contributed by atoms with Crippen LogP contribution in [0.5, 0.6) is 11.6 Å². The van der Waals surface area contributed by atoms with Gasteiger partial charge in [0.05, 0.1) is 19.8 Å². The Balaban J connectivity index is 1.90. The predicted octanol–water partition coefficient (Wildman–Crippen LogP) is 3.05. The molecule has 1 atom stereocenters. The molecule has 2 N–H and O–H groups in total.